The molecule has 1 atom stereocenters. The van der Waals surface area contributed by atoms with E-state index in [9.17, 15) is 0 Å². The van der Waals surface area contributed by atoms with Crippen molar-refractivity contribution in [3.05, 3.63) is 28.2 Å². The van der Waals surface area contributed by atoms with Gasteiger partial charge in [0.25, 0.3) is 0 Å². The summed E-state index contributed by atoms with van der Waals surface area (Å²) < 4.78 is 0.880. The SMILES string of the molecule is CC(C)C(CCO)Nc1cc(Br)cc(C#N)c1. The van der Waals surface area contributed by atoms with Crippen molar-refractivity contribution in [3.8, 4) is 6.07 Å². The number of hydrogen-bond acceptors (Lipinski definition) is 3. The van der Waals surface area contributed by atoms with Crippen molar-refractivity contribution < 1.29 is 5.11 Å². The number of benzene rings is 1. The van der Waals surface area contributed by atoms with Gasteiger partial charge in [-0.15, -0.1) is 0 Å². The standard InChI is InChI=1S/C13H17BrN2O/c1-9(2)13(3-4-17)16-12-6-10(8-15)5-11(14)7-12/h5-7,9,13,16-17H,3-4H2,1-2H3. The van der Waals surface area contributed by atoms with Gasteiger partial charge < -0.3 is 10.4 Å². The molecule has 0 radical (unpaired) electrons. The molecule has 0 saturated carbocycles. The quantitative estimate of drug-likeness (QED) is 0.878. The summed E-state index contributed by atoms with van der Waals surface area (Å²) in [4.78, 5) is 0. The molecule has 1 rings (SSSR count). The van der Waals surface area contributed by atoms with E-state index in [0.717, 1.165) is 10.2 Å². The maximum Gasteiger partial charge on any atom is 0.0992 e. The molecule has 0 aliphatic carbocycles. The first-order chi connectivity index (χ1) is 8.06. The molecule has 0 spiro atoms. The molecular formula is C13H17BrN2O. The molecule has 0 aromatic heterocycles. The minimum Gasteiger partial charge on any atom is -0.396 e. The van der Waals surface area contributed by atoms with Crippen LogP contribution in [0.4, 0.5) is 5.69 Å². The first-order valence-electron chi connectivity index (χ1n) is 5.65. The second-order valence-electron chi connectivity index (χ2n) is 4.35. The summed E-state index contributed by atoms with van der Waals surface area (Å²) in [6.07, 6.45) is 0.700. The van der Waals surface area contributed by atoms with E-state index in [-0.39, 0.29) is 12.6 Å². The lowest BCUT2D eigenvalue weighted by Crippen LogP contribution is -2.26. The Bertz CT molecular complexity index is 412. The van der Waals surface area contributed by atoms with Crippen molar-refractivity contribution >= 4 is 21.6 Å². The Kier molecular flexibility index (Phi) is 5.46. The largest absolute Gasteiger partial charge is 0.396 e. The third kappa shape index (κ3) is 4.37. The molecule has 4 heteroatoms. The van der Waals surface area contributed by atoms with Crippen LogP contribution in [0.1, 0.15) is 25.8 Å². The van der Waals surface area contributed by atoms with Gasteiger partial charge in [0, 0.05) is 22.8 Å². The van der Waals surface area contributed by atoms with Crippen LogP contribution in [0.25, 0.3) is 0 Å². The maximum absolute atomic E-state index is 9.02. The van der Waals surface area contributed by atoms with Gasteiger partial charge in [0.1, 0.15) is 0 Å². The molecule has 2 N–H and O–H groups in total. The van der Waals surface area contributed by atoms with Crippen molar-refractivity contribution in [3.63, 3.8) is 0 Å². The number of hydrogen-bond donors (Lipinski definition) is 2. The predicted octanol–water partition coefficient (Wildman–Crippen LogP) is 3.14. The fourth-order valence-electron chi connectivity index (χ4n) is 1.66. The van der Waals surface area contributed by atoms with E-state index in [1.54, 1.807) is 6.07 Å². The van der Waals surface area contributed by atoms with Crippen molar-refractivity contribution in [1.82, 2.24) is 0 Å². The van der Waals surface area contributed by atoms with Gasteiger partial charge in [-0.2, -0.15) is 5.26 Å². The second kappa shape index (κ2) is 6.63. The highest BCUT2D eigenvalue weighted by atomic mass is 79.9. The number of anilines is 1. The number of rotatable bonds is 5. The number of halogens is 1. The van der Waals surface area contributed by atoms with Crippen LogP contribution in [0.2, 0.25) is 0 Å². The number of aliphatic hydroxyl groups is 1. The highest BCUT2D eigenvalue weighted by molar-refractivity contribution is 9.10. The number of aliphatic hydroxyl groups excluding tert-OH is 1. The van der Waals surface area contributed by atoms with E-state index in [2.05, 4.69) is 41.2 Å². The van der Waals surface area contributed by atoms with Gasteiger partial charge in [-0.05, 0) is 30.5 Å². The number of nitrogens with one attached hydrogen (secondary N) is 1. The monoisotopic (exact) mass is 296 g/mol. The second-order valence-corrected chi connectivity index (χ2v) is 5.26. The van der Waals surface area contributed by atoms with Crippen LogP contribution >= 0.6 is 15.9 Å². The van der Waals surface area contributed by atoms with Crippen LogP contribution in [0, 0.1) is 17.2 Å². The van der Waals surface area contributed by atoms with Gasteiger partial charge in [0.15, 0.2) is 0 Å². The summed E-state index contributed by atoms with van der Waals surface area (Å²) >= 11 is 3.38. The summed E-state index contributed by atoms with van der Waals surface area (Å²) in [5.74, 6) is 0.423. The molecule has 1 aromatic rings. The summed E-state index contributed by atoms with van der Waals surface area (Å²) in [5.41, 5.74) is 1.52. The average Bonchev–Trinajstić information content (AvgIpc) is 2.27. The van der Waals surface area contributed by atoms with Crippen LogP contribution in [0.3, 0.4) is 0 Å². The lowest BCUT2D eigenvalue weighted by Gasteiger charge is -2.23. The third-order valence-electron chi connectivity index (χ3n) is 2.62. The fourth-order valence-corrected chi connectivity index (χ4v) is 2.16. The zero-order chi connectivity index (χ0) is 12.8. The summed E-state index contributed by atoms with van der Waals surface area (Å²) in [6, 6.07) is 7.87. The Morgan fingerprint density at radius 2 is 2.12 bits per heavy atom. The minimum absolute atomic E-state index is 0.162. The molecule has 0 bridgehead atoms. The molecule has 0 saturated heterocycles. The van der Waals surface area contributed by atoms with E-state index in [0.29, 0.717) is 17.9 Å². The molecule has 0 heterocycles. The van der Waals surface area contributed by atoms with Crippen LogP contribution in [0.5, 0.6) is 0 Å². The number of nitrogens with zero attached hydrogens (tertiary/aromatic N) is 1. The fraction of sp³-hybridized carbons (Fsp3) is 0.462. The maximum atomic E-state index is 9.02. The van der Waals surface area contributed by atoms with Crippen LogP contribution < -0.4 is 5.32 Å². The molecule has 0 fully saturated rings. The van der Waals surface area contributed by atoms with E-state index in [1.807, 2.05) is 12.1 Å². The Morgan fingerprint density at radius 1 is 1.41 bits per heavy atom. The van der Waals surface area contributed by atoms with Crippen molar-refractivity contribution in [2.24, 2.45) is 5.92 Å². The predicted molar refractivity (Wildman–Crippen MR) is 72.8 cm³/mol. The lowest BCUT2D eigenvalue weighted by molar-refractivity contribution is 0.267. The highest BCUT2D eigenvalue weighted by Crippen LogP contribution is 2.21. The first-order valence-corrected chi connectivity index (χ1v) is 6.44. The van der Waals surface area contributed by atoms with E-state index in [4.69, 9.17) is 10.4 Å². The van der Waals surface area contributed by atoms with Crippen molar-refractivity contribution in [2.75, 3.05) is 11.9 Å². The Balaban J connectivity index is 2.85. The molecule has 3 nitrogen and oxygen atoms in total. The van der Waals surface area contributed by atoms with Crippen LogP contribution in [-0.4, -0.2) is 17.8 Å². The zero-order valence-electron chi connectivity index (χ0n) is 10.1. The zero-order valence-corrected chi connectivity index (χ0v) is 11.7. The van der Waals surface area contributed by atoms with Crippen molar-refractivity contribution in [1.29, 1.82) is 5.26 Å². The molecule has 1 aromatic carbocycles. The van der Waals surface area contributed by atoms with Crippen molar-refractivity contribution in [2.45, 2.75) is 26.3 Å². The first kappa shape index (κ1) is 14.0. The lowest BCUT2D eigenvalue weighted by atomic mass is 10.0. The third-order valence-corrected chi connectivity index (χ3v) is 3.08. The highest BCUT2D eigenvalue weighted by Gasteiger charge is 2.12. The Hall–Kier alpha value is -1.05. The van der Waals surface area contributed by atoms with Crippen LogP contribution in [0.15, 0.2) is 22.7 Å². The molecule has 0 aliphatic rings. The summed E-state index contributed by atoms with van der Waals surface area (Å²) in [5, 5.41) is 21.3. The van der Waals surface area contributed by atoms with Crippen LogP contribution in [-0.2, 0) is 0 Å². The Morgan fingerprint density at radius 3 is 2.65 bits per heavy atom. The van der Waals surface area contributed by atoms with Gasteiger partial charge in [-0.25, -0.2) is 0 Å². The van der Waals surface area contributed by atoms with Gasteiger partial charge in [0.2, 0.25) is 0 Å². The smallest absolute Gasteiger partial charge is 0.0992 e. The average molecular weight is 297 g/mol. The number of nitriles is 1. The molecular weight excluding hydrogens is 280 g/mol. The normalized spacial score (nSPS) is 12.2. The topological polar surface area (TPSA) is 56.0 Å². The van der Waals surface area contributed by atoms with E-state index in [1.165, 1.54) is 0 Å². The molecule has 17 heavy (non-hydrogen) atoms. The minimum atomic E-state index is 0.162. The van der Waals surface area contributed by atoms with Gasteiger partial charge in [-0.3, -0.25) is 0 Å². The van der Waals surface area contributed by atoms with Gasteiger partial charge in [-0.1, -0.05) is 29.8 Å². The molecule has 92 valence electrons. The summed E-state index contributed by atoms with van der Waals surface area (Å²) in [6.45, 7) is 4.38. The molecule has 0 aliphatic heterocycles. The van der Waals surface area contributed by atoms with Gasteiger partial charge in [0.05, 0.1) is 11.6 Å². The molecule has 1 unspecified atom stereocenters. The Labute approximate surface area is 111 Å². The van der Waals surface area contributed by atoms with Gasteiger partial charge >= 0.3 is 0 Å². The summed E-state index contributed by atoms with van der Waals surface area (Å²) in [7, 11) is 0. The molecule has 0 amide bonds. The van der Waals surface area contributed by atoms with E-state index >= 15 is 0 Å². The van der Waals surface area contributed by atoms with E-state index < -0.39 is 0 Å².